The van der Waals surface area contributed by atoms with Crippen LogP contribution >= 0.6 is 0 Å². The number of rotatable bonds is 4. The third kappa shape index (κ3) is 2.67. The molecule has 0 unspecified atom stereocenters. The predicted molar refractivity (Wildman–Crippen MR) is 78.0 cm³/mol. The zero-order valence-corrected chi connectivity index (χ0v) is 11.3. The predicted octanol–water partition coefficient (Wildman–Crippen LogP) is 3.45. The van der Waals surface area contributed by atoms with E-state index in [1.165, 1.54) is 18.4 Å². The van der Waals surface area contributed by atoms with Crippen LogP contribution in [0.2, 0.25) is 0 Å². The fourth-order valence-electron chi connectivity index (χ4n) is 2.08. The van der Waals surface area contributed by atoms with Gasteiger partial charge in [-0.1, -0.05) is 18.2 Å². The number of anilines is 3. The summed E-state index contributed by atoms with van der Waals surface area (Å²) in [6.45, 7) is 2.09. The first kappa shape index (κ1) is 12.0. The van der Waals surface area contributed by atoms with Crippen molar-refractivity contribution < 1.29 is 0 Å². The van der Waals surface area contributed by atoms with Crippen molar-refractivity contribution >= 4 is 17.5 Å². The summed E-state index contributed by atoms with van der Waals surface area (Å²) in [5, 5.41) is 6.41. The number of aromatic nitrogens is 2. The first-order valence-electron chi connectivity index (χ1n) is 6.65. The van der Waals surface area contributed by atoms with Crippen molar-refractivity contribution in [3.63, 3.8) is 0 Å². The second kappa shape index (κ2) is 4.88. The number of nitrogens with one attached hydrogen (secondary N) is 2. The SMILES string of the molecule is CNc1nc(Nc2ccccc2C)cc(C2CC2)n1. The Bertz CT molecular complexity index is 590. The highest BCUT2D eigenvalue weighted by Crippen LogP contribution is 2.40. The summed E-state index contributed by atoms with van der Waals surface area (Å²) in [5.41, 5.74) is 3.43. The molecule has 1 fully saturated rings. The molecule has 2 aromatic rings. The summed E-state index contributed by atoms with van der Waals surface area (Å²) in [4.78, 5) is 8.98. The molecule has 0 spiro atoms. The second-order valence-corrected chi connectivity index (χ2v) is 4.97. The van der Waals surface area contributed by atoms with Gasteiger partial charge in [-0.25, -0.2) is 4.98 Å². The number of benzene rings is 1. The molecule has 4 nitrogen and oxygen atoms in total. The number of nitrogens with zero attached hydrogens (tertiary/aromatic N) is 2. The number of aryl methyl sites for hydroxylation is 1. The van der Waals surface area contributed by atoms with Gasteiger partial charge in [0.2, 0.25) is 5.95 Å². The van der Waals surface area contributed by atoms with Crippen molar-refractivity contribution in [1.29, 1.82) is 0 Å². The highest BCUT2D eigenvalue weighted by molar-refractivity contribution is 5.61. The van der Waals surface area contributed by atoms with Gasteiger partial charge in [0.1, 0.15) is 5.82 Å². The van der Waals surface area contributed by atoms with Gasteiger partial charge in [-0.05, 0) is 31.4 Å². The van der Waals surface area contributed by atoms with Gasteiger partial charge in [-0.15, -0.1) is 0 Å². The van der Waals surface area contributed by atoms with Gasteiger partial charge in [-0.2, -0.15) is 4.98 Å². The van der Waals surface area contributed by atoms with Gasteiger partial charge in [0.05, 0.1) is 5.69 Å². The lowest BCUT2D eigenvalue weighted by molar-refractivity contribution is 0.991. The molecule has 1 aliphatic carbocycles. The first-order valence-corrected chi connectivity index (χ1v) is 6.65. The molecule has 0 radical (unpaired) electrons. The van der Waals surface area contributed by atoms with Crippen molar-refractivity contribution in [2.75, 3.05) is 17.7 Å². The summed E-state index contributed by atoms with van der Waals surface area (Å²) >= 11 is 0. The maximum Gasteiger partial charge on any atom is 0.224 e. The summed E-state index contributed by atoms with van der Waals surface area (Å²) < 4.78 is 0. The van der Waals surface area contributed by atoms with Crippen molar-refractivity contribution in [2.45, 2.75) is 25.7 Å². The van der Waals surface area contributed by atoms with Crippen LogP contribution in [0.3, 0.4) is 0 Å². The Kier molecular flexibility index (Phi) is 3.07. The maximum absolute atomic E-state index is 4.52. The summed E-state index contributed by atoms with van der Waals surface area (Å²) in [6.07, 6.45) is 2.48. The molecular formula is C15H18N4. The molecule has 0 bridgehead atoms. The van der Waals surface area contributed by atoms with Gasteiger partial charge in [0, 0.05) is 24.7 Å². The van der Waals surface area contributed by atoms with Crippen LogP contribution in [0, 0.1) is 6.92 Å². The van der Waals surface area contributed by atoms with E-state index < -0.39 is 0 Å². The van der Waals surface area contributed by atoms with Crippen molar-refractivity contribution in [3.05, 3.63) is 41.6 Å². The average molecular weight is 254 g/mol. The third-order valence-corrected chi connectivity index (χ3v) is 3.37. The standard InChI is InChI=1S/C15H18N4/c1-10-5-3-4-6-12(10)17-14-9-13(11-7-8-11)18-15(16-2)19-14/h3-6,9,11H,7-8H2,1-2H3,(H2,16,17,18,19). The van der Waals surface area contributed by atoms with E-state index in [4.69, 9.17) is 0 Å². The lowest BCUT2D eigenvalue weighted by Crippen LogP contribution is -2.03. The molecule has 1 heterocycles. The topological polar surface area (TPSA) is 49.8 Å². The van der Waals surface area contributed by atoms with Crippen LogP contribution in [0.4, 0.5) is 17.5 Å². The third-order valence-electron chi connectivity index (χ3n) is 3.37. The Hall–Kier alpha value is -2.10. The van der Waals surface area contributed by atoms with E-state index in [0.29, 0.717) is 11.9 Å². The lowest BCUT2D eigenvalue weighted by atomic mass is 10.2. The van der Waals surface area contributed by atoms with Gasteiger partial charge in [0.25, 0.3) is 0 Å². The fraction of sp³-hybridized carbons (Fsp3) is 0.333. The normalized spacial score (nSPS) is 14.2. The van der Waals surface area contributed by atoms with E-state index in [-0.39, 0.29) is 0 Å². The molecule has 3 rings (SSSR count). The average Bonchev–Trinajstić information content (AvgIpc) is 3.25. The van der Waals surface area contributed by atoms with Gasteiger partial charge < -0.3 is 10.6 Å². The van der Waals surface area contributed by atoms with Crippen LogP contribution in [0.5, 0.6) is 0 Å². The van der Waals surface area contributed by atoms with E-state index in [1.54, 1.807) is 0 Å². The quantitative estimate of drug-likeness (QED) is 0.877. The largest absolute Gasteiger partial charge is 0.357 e. The summed E-state index contributed by atoms with van der Waals surface area (Å²) in [6, 6.07) is 10.3. The molecule has 4 heteroatoms. The van der Waals surface area contributed by atoms with Crippen molar-refractivity contribution in [3.8, 4) is 0 Å². The Labute approximate surface area is 113 Å². The van der Waals surface area contributed by atoms with E-state index in [1.807, 2.05) is 19.2 Å². The molecule has 19 heavy (non-hydrogen) atoms. The van der Waals surface area contributed by atoms with E-state index in [0.717, 1.165) is 17.2 Å². The Morgan fingerprint density at radius 1 is 1.16 bits per heavy atom. The van der Waals surface area contributed by atoms with Gasteiger partial charge in [-0.3, -0.25) is 0 Å². The molecule has 0 aliphatic heterocycles. The highest BCUT2D eigenvalue weighted by Gasteiger charge is 2.26. The van der Waals surface area contributed by atoms with Crippen molar-refractivity contribution in [2.24, 2.45) is 0 Å². The van der Waals surface area contributed by atoms with E-state index in [2.05, 4.69) is 45.7 Å². The highest BCUT2D eigenvalue weighted by atomic mass is 15.1. The number of hydrogen-bond donors (Lipinski definition) is 2. The van der Waals surface area contributed by atoms with Crippen LogP contribution in [-0.4, -0.2) is 17.0 Å². The number of para-hydroxylation sites is 1. The molecule has 98 valence electrons. The minimum Gasteiger partial charge on any atom is -0.357 e. The summed E-state index contributed by atoms with van der Waals surface area (Å²) in [7, 11) is 1.85. The molecule has 1 saturated carbocycles. The Morgan fingerprint density at radius 2 is 1.95 bits per heavy atom. The fourth-order valence-corrected chi connectivity index (χ4v) is 2.08. The molecule has 2 N–H and O–H groups in total. The smallest absolute Gasteiger partial charge is 0.224 e. The first-order chi connectivity index (χ1) is 9.26. The van der Waals surface area contributed by atoms with Crippen LogP contribution in [-0.2, 0) is 0 Å². The molecular weight excluding hydrogens is 236 g/mol. The monoisotopic (exact) mass is 254 g/mol. The minimum absolute atomic E-state index is 0.618. The van der Waals surface area contributed by atoms with E-state index in [9.17, 15) is 0 Å². The molecule has 0 atom stereocenters. The van der Waals surface area contributed by atoms with Crippen molar-refractivity contribution in [1.82, 2.24) is 9.97 Å². The van der Waals surface area contributed by atoms with Crippen LogP contribution < -0.4 is 10.6 Å². The van der Waals surface area contributed by atoms with Crippen LogP contribution in [0.15, 0.2) is 30.3 Å². The molecule has 1 aromatic carbocycles. The van der Waals surface area contributed by atoms with Gasteiger partial charge >= 0.3 is 0 Å². The minimum atomic E-state index is 0.618. The number of hydrogen-bond acceptors (Lipinski definition) is 4. The Balaban J connectivity index is 1.91. The zero-order chi connectivity index (χ0) is 13.2. The van der Waals surface area contributed by atoms with Crippen LogP contribution in [0.1, 0.15) is 30.0 Å². The molecule has 1 aromatic heterocycles. The van der Waals surface area contributed by atoms with Crippen LogP contribution in [0.25, 0.3) is 0 Å². The maximum atomic E-state index is 4.52. The Morgan fingerprint density at radius 3 is 2.63 bits per heavy atom. The molecule has 1 aliphatic rings. The molecule has 0 amide bonds. The lowest BCUT2D eigenvalue weighted by Gasteiger charge is -2.11. The summed E-state index contributed by atoms with van der Waals surface area (Å²) in [5.74, 6) is 2.16. The van der Waals surface area contributed by atoms with Gasteiger partial charge in [0.15, 0.2) is 0 Å². The second-order valence-electron chi connectivity index (χ2n) is 4.97. The molecule has 0 saturated heterocycles. The zero-order valence-electron chi connectivity index (χ0n) is 11.3. The van der Waals surface area contributed by atoms with E-state index >= 15 is 0 Å².